The van der Waals surface area contributed by atoms with Crippen molar-refractivity contribution in [2.24, 2.45) is 4.99 Å². The summed E-state index contributed by atoms with van der Waals surface area (Å²) in [4.78, 5) is 34.7. The average molecular weight is 703 g/mol. The summed E-state index contributed by atoms with van der Waals surface area (Å²) in [5.41, 5.74) is 3.75. The number of benzene rings is 5. The van der Waals surface area contributed by atoms with Crippen LogP contribution in [-0.4, -0.2) is 23.4 Å². The maximum absolute atomic E-state index is 14.4. The van der Waals surface area contributed by atoms with E-state index in [-0.39, 0.29) is 12.2 Å². The Bertz CT molecular complexity index is 2390. The van der Waals surface area contributed by atoms with Crippen molar-refractivity contribution in [3.8, 4) is 5.75 Å². The molecule has 0 fully saturated rings. The molecule has 5 aromatic carbocycles. The largest absolute Gasteiger partial charge is 0.488 e. The van der Waals surface area contributed by atoms with E-state index in [2.05, 4.69) is 18.2 Å². The Hall–Kier alpha value is -4.89. The van der Waals surface area contributed by atoms with Gasteiger partial charge in [-0.1, -0.05) is 108 Å². The third kappa shape index (κ3) is 6.59. The highest BCUT2D eigenvalue weighted by Crippen LogP contribution is 2.36. The van der Waals surface area contributed by atoms with Gasteiger partial charge in [-0.2, -0.15) is 0 Å². The molecule has 9 heteroatoms. The molecule has 1 aliphatic heterocycles. The van der Waals surface area contributed by atoms with Gasteiger partial charge in [-0.05, 0) is 71.5 Å². The van der Waals surface area contributed by atoms with Crippen molar-refractivity contribution >= 4 is 63.2 Å². The number of hydrogen-bond acceptors (Lipinski definition) is 7. The number of fused-ring (bicyclic) bond motifs is 2. The van der Waals surface area contributed by atoms with Gasteiger partial charge in [0.15, 0.2) is 4.80 Å². The first-order valence-electron chi connectivity index (χ1n) is 15.8. The molecule has 244 valence electrons. The molecule has 0 saturated carbocycles. The Balaban J connectivity index is 1.38. The third-order valence-corrected chi connectivity index (χ3v) is 10.3. The van der Waals surface area contributed by atoms with Gasteiger partial charge in [0.2, 0.25) is 0 Å². The Morgan fingerprint density at radius 3 is 2.49 bits per heavy atom. The van der Waals surface area contributed by atoms with Crippen LogP contribution in [0.2, 0.25) is 5.02 Å². The van der Waals surface area contributed by atoms with Crippen LogP contribution in [0.5, 0.6) is 5.75 Å². The number of hydrogen-bond donors (Lipinski definition) is 0. The number of halogens is 1. The van der Waals surface area contributed by atoms with Crippen molar-refractivity contribution in [1.29, 1.82) is 0 Å². The van der Waals surface area contributed by atoms with Gasteiger partial charge in [0.25, 0.3) is 5.56 Å². The molecule has 0 bridgehead atoms. The maximum atomic E-state index is 14.4. The van der Waals surface area contributed by atoms with Crippen molar-refractivity contribution < 1.29 is 14.3 Å². The molecule has 1 aliphatic rings. The van der Waals surface area contributed by atoms with Crippen LogP contribution >= 0.6 is 34.7 Å². The number of nitrogens with zero attached hydrogens (tertiary/aromatic N) is 2. The number of thiazole rings is 1. The summed E-state index contributed by atoms with van der Waals surface area (Å²) in [5.74, 6) is 0.0712. The van der Waals surface area contributed by atoms with Gasteiger partial charge in [-0.15, -0.1) is 11.8 Å². The molecule has 6 nitrogen and oxygen atoms in total. The highest BCUT2D eigenvalue weighted by atomic mass is 35.5. The van der Waals surface area contributed by atoms with Crippen LogP contribution in [-0.2, 0) is 16.1 Å². The second-order valence-electron chi connectivity index (χ2n) is 11.3. The minimum Gasteiger partial charge on any atom is -0.488 e. The van der Waals surface area contributed by atoms with Crippen LogP contribution in [0.1, 0.15) is 35.2 Å². The predicted molar refractivity (Wildman–Crippen MR) is 199 cm³/mol. The van der Waals surface area contributed by atoms with Crippen molar-refractivity contribution in [2.75, 3.05) is 12.9 Å². The standard InChI is InChI=1S/C40H31ClN2O4S2/c1-3-46-39(45)35-36(26-11-5-4-6-12-26)42-40-43(37(35)27-16-19-31(48-2)20-17-27)38(44)34(49-40)23-29-22-30(41)18-21-33(29)47-24-28-14-9-13-25-10-7-8-15-32(25)28/h4-23,37H,3,24H2,1-2H3/b34-23-/t37-/m0/s1. The van der Waals surface area contributed by atoms with Gasteiger partial charge >= 0.3 is 5.97 Å². The summed E-state index contributed by atoms with van der Waals surface area (Å²) in [7, 11) is 0. The molecule has 0 amide bonds. The third-order valence-electron chi connectivity index (χ3n) is 8.33. The summed E-state index contributed by atoms with van der Waals surface area (Å²) in [6, 6.07) is 36.4. The van der Waals surface area contributed by atoms with Crippen LogP contribution in [0.15, 0.2) is 136 Å². The summed E-state index contributed by atoms with van der Waals surface area (Å²) < 4.78 is 14.0. The van der Waals surface area contributed by atoms with E-state index in [0.717, 1.165) is 32.4 Å². The number of esters is 1. The van der Waals surface area contributed by atoms with Crippen LogP contribution < -0.4 is 19.6 Å². The number of thioether (sulfide) groups is 1. The van der Waals surface area contributed by atoms with Crippen LogP contribution in [0.4, 0.5) is 0 Å². The normalized spacial score (nSPS) is 14.4. The first-order chi connectivity index (χ1) is 23.9. The van der Waals surface area contributed by atoms with Crippen LogP contribution in [0, 0.1) is 0 Å². The molecule has 49 heavy (non-hydrogen) atoms. The SMILES string of the molecule is CCOC(=O)C1=C(c2ccccc2)N=c2s/c(=C\c3cc(Cl)ccc3OCc3cccc4ccccc34)c(=O)n2[C@H]1c1ccc(SC)cc1. The Morgan fingerprint density at radius 1 is 0.959 bits per heavy atom. The van der Waals surface area contributed by atoms with Crippen molar-refractivity contribution in [3.63, 3.8) is 0 Å². The summed E-state index contributed by atoms with van der Waals surface area (Å²) >= 11 is 9.36. The summed E-state index contributed by atoms with van der Waals surface area (Å²) in [5, 5.41) is 2.76. The van der Waals surface area contributed by atoms with E-state index in [1.807, 2.05) is 91.2 Å². The second kappa shape index (κ2) is 14.3. The number of carbonyl (C=O) groups is 1. The lowest BCUT2D eigenvalue weighted by atomic mass is 9.93. The first kappa shape index (κ1) is 32.6. The zero-order valence-electron chi connectivity index (χ0n) is 26.8. The van der Waals surface area contributed by atoms with Gasteiger partial charge in [-0.3, -0.25) is 9.36 Å². The number of carbonyl (C=O) groups excluding carboxylic acids is 1. The highest BCUT2D eigenvalue weighted by molar-refractivity contribution is 7.98. The molecule has 1 atom stereocenters. The molecule has 6 aromatic rings. The zero-order valence-corrected chi connectivity index (χ0v) is 29.1. The minimum atomic E-state index is -0.759. The number of ether oxygens (including phenoxy) is 2. The monoisotopic (exact) mass is 702 g/mol. The molecule has 0 aliphatic carbocycles. The van der Waals surface area contributed by atoms with E-state index in [4.69, 9.17) is 26.1 Å². The fourth-order valence-electron chi connectivity index (χ4n) is 6.02. The maximum Gasteiger partial charge on any atom is 0.338 e. The molecule has 0 spiro atoms. The topological polar surface area (TPSA) is 69.9 Å². The molecule has 2 heterocycles. The second-order valence-corrected chi connectivity index (χ2v) is 13.6. The Kier molecular flexibility index (Phi) is 9.53. The fourth-order valence-corrected chi connectivity index (χ4v) is 7.60. The molecule has 7 rings (SSSR count). The fraction of sp³-hybridized carbons (Fsp3) is 0.125. The zero-order chi connectivity index (χ0) is 33.9. The van der Waals surface area contributed by atoms with E-state index >= 15 is 0 Å². The number of rotatable bonds is 9. The minimum absolute atomic E-state index is 0.184. The molecule has 0 unspecified atom stereocenters. The van der Waals surface area contributed by atoms with Gasteiger partial charge in [0.05, 0.1) is 28.5 Å². The quantitative estimate of drug-likeness (QED) is 0.113. The van der Waals surface area contributed by atoms with Gasteiger partial charge < -0.3 is 9.47 Å². The van der Waals surface area contributed by atoms with E-state index in [1.54, 1.807) is 41.5 Å². The van der Waals surface area contributed by atoms with Crippen molar-refractivity contribution in [2.45, 2.75) is 24.5 Å². The molecule has 0 saturated heterocycles. The summed E-state index contributed by atoms with van der Waals surface area (Å²) in [6.45, 7) is 2.28. The van der Waals surface area contributed by atoms with E-state index in [9.17, 15) is 9.59 Å². The average Bonchev–Trinajstić information content (AvgIpc) is 3.44. The first-order valence-corrected chi connectivity index (χ1v) is 18.2. The van der Waals surface area contributed by atoms with Crippen molar-refractivity contribution in [3.05, 3.63) is 168 Å². The Labute approximate surface area is 296 Å². The highest BCUT2D eigenvalue weighted by Gasteiger charge is 2.35. The van der Waals surface area contributed by atoms with Gasteiger partial charge in [-0.25, -0.2) is 9.79 Å². The van der Waals surface area contributed by atoms with E-state index in [0.29, 0.717) is 43.5 Å². The lowest BCUT2D eigenvalue weighted by molar-refractivity contribution is -0.138. The smallest absolute Gasteiger partial charge is 0.338 e. The van der Waals surface area contributed by atoms with E-state index < -0.39 is 12.0 Å². The lowest BCUT2D eigenvalue weighted by Crippen LogP contribution is -2.40. The lowest BCUT2D eigenvalue weighted by Gasteiger charge is -2.26. The van der Waals surface area contributed by atoms with Crippen LogP contribution in [0.25, 0.3) is 22.5 Å². The number of aromatic nitrogens is 1. The van der Waals surface area contributed by atoms with Gasteiger partial charge in [0, 0.05) is 21.0 Å². The van der Waals surface area contributed by atoms with Crippen LogP contribution in [0.3, 0.4) is 0 Å². The molecule has 0 N–H and O–H groups in total. The van der Waals surface area contributed by atoms with Gasteiger partial charge in [0.1, 0.15) is 12.4 Å². The predicted octanol–water partition coefficient (Wildman–Crippen LogP) is 8.04. The van der Waals surface area contributed by atoms with E-state index in [1.165, 1.54) is 11.3 Å². The molecule has 1 aromatic heterocycles. The molecule has 0 radical (unpaired) electrons. The summed E-state index contributed by atoms with van der Waals surface area (Å²) in [6.07, 6.45) is 3.80. The molecular formula is C40H31ClN2O4S2. The molecular weight excluding hydrogens is 672 g/mol. The Morgan fingerprint density at radius 2 is 1.71 bits per heavy atom. The van der Waals surface area contributed by atoms with Crippen molar-refractivity contribution in [1.82, 2.24) is 4.57 Å².